The van der Waals surface area contributed by atoms with Gasteiger partial charge in [-0.1, -0.05) is 27.7 Å². The van der Waals surface area contributed by atoms with Gasteiger partial charge in [0.15, 0.2) is 0 Å². The summed E-state index contributed by atoms with van der Waals surface area (Å²) in [7, 11) is 0. The van der Waals surface area contributed by atoms with Crippen LogP contribution in [0.25, 0.3) is 0 Å². The number of nitrogen functional groups attached to an aromatic ring is 1. The second-order valence-electron chi connectivity index (χ2n) is 5.87. The number of benzene rings is 1. The Morgan fingerprint density at radius 1 is 1.24 bits per heavy atom. The van der Waals surface area contributed by atoms with Crippen LogP contribution in [-0.2, 0) is 0 Å². The van der Waals surface area contributed by atoms with Gasteiger partial charge < -0.3 is 11.1 Å². The molecule has 3 N–H and O–H groups in total. The van der Waals surface area contributed by atoms with Gasteiger partial charge in [-0.05, 0) is 32.8 Å². The number of halogens is 2. The van der Waals surface area contributed by atoms with Gasteiger partial charge in [-0.3, -0.25) is 0 Å². The molecule has 2 rings (SSSR count). The molecule has 0 aliphatic heterocycles. The van der Waals surface area contributed by atoms with Crippen molar-refractivity contribution in [1.82, 2.24) is 0 Å². The molecular formula is C13H18BrFN2. The van der Waals surface area contributed by atoms with Crippen molar-refractivity contribution < 1.29 is 4.39 Å². The molecule has 1 aliphatic carbocycles. The van der Waals surface area contributed by atoms with Crippen LogP contribution in [0.3, 0.4) is 0 Å². The van der Waals surface area contributed by atoms with Crippen molar-refractivity contribution in [2.24, 2.45) is 10.8 Å². The molecule has 1 fully saturated rings. The second kappa shape index (κ2) is 3.61. The van der Waals surface area contributed by atoms with E-state index >= 15 is 0 Å². The van der Waals surface area contributed by atoms with Crippen LogP contribution in [0.5, 0.6) is 0 Å². The van der Waals surface area contributed by atoms with Crippen LogP contribution in [0, 0.1) is 16.6 Å². The van der Waals surface area contributed by atoms with Crippen molar-refractivity contribution >= 4 is 27.3 Å². The standard InChI is InChI=1S/C13H18BrFN2/c1-12(2)11(13(12,3)4)17-10-5-7(14)8(15)6-9(10)16/h5-6,11,17H,16H2,1-4H3. The zero-order chi connectivity index (χ0) is 13.0. The molecule has 0 saturated heterocycles. The topological polar surface area (TPSA) is 38.0 Å². The molecule has 0 radical (unpaired) electrons. The molecule has 1 aromatic carbocycles. The molecule has 0 aromatic heterocycles. The highest BCUT2D eigenvalue weighted by atomic mass is 79.9. The Balaban J connectivity index is 2.25. The van der Waals surface area contributed by atoms with Crippen LogP contribution in [0.2, 0.25) is 0 Å². The lowest BCUT2D eigenvalue weighted by atomic mass is 10.0. The van der Waals surface area contributed by atoms with Gasteiger partial charge in [-0.15, -0.1) is 0 Å². The Bertz CT molecular complexity index is 455. The summed E-state index contributed by atoms with van der Waals surface area (Å²) in [5, 5.41) is 3.41. The SMILES string of the molecule is CC1(C)C(Nc2cc(Br)c(F)cc2N)C1(C)C. The summed E-state index contributed by atoms with van der Waals surface area (Å²) < 4.78 is 13.7. The lowest BCUT2D eigenvalue weighted by Gasteiger charge is -2.12. The smallest absolute Gasteiger partial charge is 0.139 e. The molecule has 0 heterocycles. The summed E-state index contributed by atoms with van der Waals surface area (Å²) in [6.45, 7) is 8.89. The monoisotopic (exact) mass is 300 g/mol. The molecule has 0 atom stereocenters. The van der Waals surface area contributed by atoms with Crippen LogP contribution in [0.1, 0.15) is 27.7 Å². The normalized spacial score (nSPS) is 21.3. The number of anilines is 2. The summed E-state index contributed by atoms with van der Waals surface area (Å²) in [6, 6.07) is 3.40. The maximum atomic E-state index is 13.3. The third kappa shape index (κ3) is 1.82. The van der Waals surface area contributed by atoms with Gasteiger partial charge in [-0.2, -0.15) is 0 Å². The average Bonchev–Trinajstić information content (AvgIpc) is 2.57. The fourth-order valence-electron chi connectivity index (χ4n) is 2.40. The van der Waals surface area contributed by atoms with Crippen molar-refractivity contribution in [2.45, 2.75) is 33.7 Å². The Morgan fingerprint density at radius 3 is 2.24 bits per heavy atom. The predicted molar refractivity (Wildman–Crippen MR) is 73.5 cm³/mol. The fourth-order valence-corrected chi connectivity index (χ4v) is 2.74. The maximum absolute atomic E-state index is 13.3. The van der Waals surface area contributed by atoms with Crippen LogP contribution in [0.4, 0.5) is 15.8 Å². The summed E-state index contributed by atoms with van der Waals surface area (Å²) in [4.78, 5) is 0. The molecule has 1 saturated carbocycles. The van der Waals surface area contributed by atoms with Crippen molar-refractivity contribution in [1.29, 1.82) is 0 Å². The Morgan fingerprint density at radius 2 is 1.76 bits per heavy atom. The molecule has 0 bridgehead atoms. The van der Waals surface area contributed by atoms with Crippen molar-refractivity contribution in [3.05, 3.63) is 22.4 Å². The Hall–Kier alpha value is -0.770. The summed E-state index contributed by atoms with van der Waals surface area (Å²) in [5.74, 6) is -0.331. The lowest BCUT2D eigenvalue weighted by molar-refractivity contribution is 0.457. The van der Waals surface area contributed by atoms with Gasteiger partial charge in [0.25, 0.3) is 0 Å². The average molecular weight is 301 g/mol. The number of hydrogen-bond acceptors (Lipinski definition) is 2. The second-order valence-corrected chi connectivity index (χ2v) is 6.73. The molecule has 1 aromatic rings. The number of rotatable bonds is 2. The zero-order valence-electron chi connectivity index (χ0n) is 10.6. The number of nitrogens with two attached hydrogens (primary N) is 1. The van der Waals surface area contributed by atoms with Gasteiger partial charge >= 0.3 is 0 Å². The largest absolute Gasteiger partial charge is 0.397 e. The van der Waals surface area contributed by atoms with E-state index in [1.54, 1.807) is 6.07 Å². The highest BCUT2D eigenvalue weighted by molar-refractivity contribution is 9.10. The highest BCUT2D eigenvalue weighted by Crippen LogP contribution is 2.63. The third-order valence-corrected chi connectivity index (χ3v) is 5.02. The van der Waals surface area contributed by atoms with Gasteiger partial charge in [0.2, 0.25) is 0 Å². The van der Waals surface area contributed by atoms with E-state index in [-0.39, 0.29) is 16.6 Å². The molecule has 4 heteroatoms. The molecule has 0 unspecified atom stereocenters. The van der Waals surface area contributed by atoms with Crippen LogP contribution < -0.4 is 11.1 Å². The zero-order valence-corrected chi connectivity index (χ0v) is 12.2. The van der Waals surface area contributed by atoms with E-state index in [9.17, 15) is 4.39 Å². The summed E-state index contributed by atoms with van der Waals surface area (Å²) in [5.41, 5.74) is 7.51. The Labute approximate surface area is 110 Å². The number of nitrogens with one attached hydrogen (secondary N) is 1. The van der Waals surface area contributed by atoms with E-state index in [1.807, 2.05) is 0 Å². The number of hydrogen-bond donors (Lipinski definition) is 2. The highest BCUT2D eigenvalue weighted by Gasteiger charge is 2.65. The maximum Gasteiger partial charge on any atom is 0.139 e. The molecular weight excluding hydrogens is 283 g/mol. The quantitative estimate of drug-likeness (QED) is 0.810. The minimum atomic E-state index is -0.331. The van der Waals surface area contributed by atoms with Gasteiger partial charge in [0.1, 0.15) is 5.82 Å². The first-order valence-electron chi connectivity index (χ1n) is 5.69. The molecule has 0 amide bonds. The first-order valence-corrected chi connectivity index (χ1v) is 6.48. The van der Waals surface area contributed by atoms with E-state index in [0.717, 1.165) is 5.69 Å². The molecule has 17 heavy (non-hydrogen) atoms. The van der Waals surface area contributed by atoms with Crippen LogP contribution in [-0.4, -0.2) is 6.04 Å². The van der Waals surface area contributed by atoms with Gasteiger partial charge in [0.05, 0.1) is 15.8 Å². The minimum Gasteiger partial charge on any atom is -0.397 e. The molecule has 94 valence electrons. The van der Waals surface area contributed by atoms with Gasteiger partial charge in [0, 0.05) is 12.1 Å². The summed E-state index contributed by atoms with van der Waals surface area (Å²) >= 11 is 3.18. The summed E-state index contributed by atoms with van der Waals surface area (Å²) in [6.07, 6.45) is 0. The molecule has 0 spiro atoms. The fraction of sp³-hybridized carbons (Fsp3) is 0.538. The Kier molecular flexibility index (Phi) is 2.69. The predicted octanol–water partition coefficient (Wildman–Crippen LogP) is 4.02. The van der Waals surface area contributed by atoms with E-state index in [2.05, 4.69) is 48.9 Å². The van der Waals surface area contributed by atoms with Crippen molar-refractivity contribution in [3.8, 4) is 0 Å². The van der Waals surface area contributed by atoms with E-state index in [4.69, 9.17) is 5.73 Å². The third-order valence-electron chi connectivity index (χ3n) is 4.41. The van der Waals surface area contributed by atoms with E-state index in [0.29, 0.717) is 16.2 Å². The van der Waals surface area contributed by atoms with E-state index < -0.39 is 0 Å². The first kappa shape index (κ1) is 12.7. The first-order chi connectivity index (χ1) is 7.68. The lowest BCUT2D eigenvalue weighted by Crippen LogP contribution is -2.11. The van der Waals surface area contributed by atoms with Gasteiger partial charge in [-0.25, -0.2) is 4.39 Å². The van der Waals surface area contributed by atoms with Crippen LogP contribution in [0.15, 0.2) is 16.6 Å². The van der Waals surface area contributed by atoms with Crippen molar-refractivity contribution in [3.63, 3.8) is 0 Å². The van der Waals surface area contributed by atoms with Crippen molar-refractivity contribution in [2.75, 3.05) is 11.1 Å². The molecule has 1 aliphatic rings. The minimum absolute atomic E-state index is 0.223. The molecule has 2 nitrogen and oxygen atoms in total. The van der Waals surface area contributed by atoms with Crippen LogP contribution >= 0.6 is 15.9 Å². The van der Waals surface area contributed by atoms with E-state index in [1.165, 1.54) is 6.07 Å².